The first-order valence-corrected chi connectivity index (χ1v) is 8.76. The molecular formula is C20H29N. The maximum Gasteiger partial charge on any atom is 0.00442 e. The topological polar surface area (TPSA) is 3.24 Å². The summed E-state index contributed by atoms with van der Waals surface area (Å²) in [6.07, 6.45) is 10.9. The molecule has 0 radical (unpaired) electrons. The van der Waals surface area contributed by atoms with Crippen molar-refractivity contribution in [1.29, 1.82) is 0 Å². The van der Waals surface area contributed by atoms with Crippen LogP contribution in [0.25, 0.3) is 0 Å². The Morgan fingerprint density at radius 2 is 1.86 bits per heavy atom. The number of nitrogens with zero attached hydrogens (tertiary/aromatic N) is 1. The molecule has 1 heteroatoms. The number of unbranched alkanes of at least 4 members (excludes halogenated alkanes) is 1. The summed E-state index contributed by atoms with van der Waals surface area (Å²) in [5, 5.41) is 0. The third-order valence-electron chi connectivity index (χ3n) is 5.31. The minimum Gasteiger partial charge on any atom is -0.305 e. The van der Waals surface area contributed by atoms with Gasteiger partial charge in [0.2, 0.25) is 0 Å². The van der Waals surface area contributed by atoms with E-state index in [1.54, 1.807) is 0 Å². The van der Waals surface area contributed by atoms with Crippen LogP contribution in [0, 0.1) is 5.92 Å². The van der Waals surface area contributed by atoms with Gasteiger partial charge < -0.3 is 4.90 Å². The second-order valence-electron chi connectivity index (χ2n) is 6.92. The molecule has 1 atom stereocenters. The summed E-state index contributed by atoms with van der Waals surface area (Å²) in [4.78, 5) is 2.52. The zero-order valence-electron chi connectivity index (χ0n) is 13.5. The van der Waals surface area contributed by atoms with Crippen LogP contribution in [0.1, 0.15) is 50.5 Å². The Morgan fingerprint density at radius 1 is 1.05 bits per heavy atom. The van der Waals surface area contributed by atoms with Crippen molar-refractivity contribution in [2.45, 2.75) is 51.4 Å². The van der Waals surface area contributed by atoms with Gasteiger partial charge in [0.1, 0.15) is 0 Å². The molecule has 1 aromatic rings. The van der Waals surface area contributed by atoms with Gasteiger partial charge in [0.25, 0.3) is 0 Å². The third kappa shape index (κ3) is 3.97. The fraction of sp³-hybridized carbons (Fsp3) is 0.600. The van der Waals surface area contributed by atoms with Crippen LogP contribution in [-0.4, -0.2) is 25.0 Å². The number of fused-ring (bicyclic) bond motifs is 1. The second-order valence-corrected chi connectivity index (χ2v) is 6.92. The predicted octanol–water partition coefficient (Wildman–Crippen LogP) is 4.83. The number of likely N-dealkylation sites (tertiary alicyclic amines) is 1. The van der Waals surface area contributed by atoms with Crippen LogP contribution < -0.4 is 0 Å². The molecule has 0 N–H and O–H groups in total. The lowest BCUT2D eigenvalue weighted by molar-refractivity contribution is 0.238. The average Bonchev–Trinajstić information content (AvgIpc) is 2.52. The van der Waals surface area contributed by atoms with Gasteiger partial charge >= 0.3 is 0 Å². The highest BCUT2D eigenvalue weighted by molar-refractivity contribution is 5.22. The lowest BCUT2D eigenvalue weighted by Crippen LogP contribution is -2.35. The number of hydrogen-bond donors (Lipinski definition) is 0. The highest BCUT2D eigenvalue weighted by atomic mass is 15.1. The Bertz CT molecular complexity index is 474. The molecule has 0 saturated carbocycles. The first-order valence-electron chi connectivity index (χ1n) is 8.76. The number of rotatable bonds is 5. The second kappa shape index (κ2) is 7.26. The predicted molar refractivity (Wildman–Crippen MR) is 90.5 cm³/mol. The van der Waals surface area contributed by atoms with Gasteiger partial charge in [-0.2, -0.15) is 0 Å². The Balaban J connectivity index is 1.50. The van der Waals surface area contributed by atoms with E-state index in [4.69, 9.17) is 0 Å². The first kappa shape index (κ1) is 14.8. The molecule has 1 nitrogen and oxygen atoms in total. The summed E-state index contributed by atoms with van der Waals surface area (Å²) >= 11 is 0. The number of benzene rings is 1. The molecule has 0 aromatic heterocycles. The van der Waals surface area contributed by atoms with Gasteiger partial charge in [-0.25, -0.2) is 0 Å². The van der Waals surface area contributed by atoms with Crippen LogP contribution in [0.4, 0.5) is 0 Å². The highest BCUT2D eigenvalue weighted by Gasteiger charge is 2.27. The molecule has 0 spiro atoms. The Labute approximate surface area is 130 Å². The summed E-state index contributed by atoms with van der Waals surface area (Å²) in [7, 11) is 2.28. The van der Waals surface area contributed by atoms with Gasteiger partial charge in [-0.3, -0.25) is 0 Å². The van der Waals surface area contributed by atoms with Gasteiger partial charge in [0, 0.05) is 13.1 Å². The molecule has 114 valence electrons. The van der Waals surface area contributed by atoms with Crippen LogP contribution in [0.3, 0.4) is 0 Å². The van der Waals surface area contributed by atoms with E-state index in [2.05, 4.69) is 42.3 Å². The summed E-state index contributed by atoms with van der Waals surface area (Å²) in [5.74, 6) is 0.890. The van der Waals surface area contributed by atoms with Gasteiger partial charge in [-0.1, -0.05) is 41.5 Å². The molecule has 1 aliphatic heterocycles. The van der Waals surface area contributed by atoms with E-state index in [0.717, 1.165) is 5.92 Å². The van der Waals surface area contributed by atoms with Gasteiger partial charge in [0.15, 0.2) is 0 Å². The van der Waals surface area contributed by atoms with Crippen LogP contribution in [0.2, 0.25) is 0 Å². The van der Waals surface area contributed by atoms with Crippen LogP contribution >= 0.6 is 0 Å². The van der Waals surface area contributed by atoms with Crippen molar-refractivity contribution in [2.24, 2.45) is 5.92 Å². The largest absolute Gasteiger partial charge is 0.305 e. The van der Waals surface area contributed by atoms with E-state index in [9.17, 15) is 0 Å². The van der Waals surface area contributed by atoms with Crippen molar-refractivity contribution in [3.05, 3.63) is 47.0 Å². The molecule has 1 aliphatic carbocycles. The minimum absolute atomic E-state index is 0.890. The van der Waals surface area contributed by atoms with Crippen molar-refractivity contribution in [3.8, 4) is 0 Å². The molecule has 1 unspecified atom stereocenters. The number of aryl methyl sites for hydroxylation is 1. The molecule has 3 rings (SSSR count). The zero-order valence-corrected chi connectivity index (χ0v) is 13.5. The van der Waals surface area contributed by atoms with E-state index < -0.39 is 0 Å². The van der Waals surface area contributed by atoms with Crippen molar-refractivity contribution >= 4 is 0 Å². The lowest BCUT2D eigenvalue weighted by Gasteiger charge is -2.37. The normalized spacial score (nSPS) is 23.2. The highest BCUT2D eigenvalue weighted by Crippen LogP contribution is 2.37. The standard InChI is InChI=1S/C20H29N/c1-21-15-14-20-18(12-7-13-19(20)16-21)11-6-5-10-17-8-3-2-4-9-17/h2-4,8-9,19H,5-7,10-16H2,1H3. The van der Waals surface area contributed by atoms with Gasteiger partial charge in [-0.05, 0) is 69.9 Å². The first-order chi connectivity index (χ1) is 10.3. The molecule has 0 amide bonds. The smallest absolute Gasteiger partial charge is 0.00442 e. The molecule has 1 heterocycles. The number of piperidine rings is 1. The maximum atomic E-state index is 2.52. The average molecular weight is 283 g/mol. The summed E-state index contributed by atoms with van der Waals surface area (Å²) in [6.45, 7) is 2.59. The van der Waals surface area contributed by atoms with Crippen molar-refractivity contribution in [2.75, 3.05) is 20.1 Å². The van der Waals surface area contributed by atoms with E-state index in [1.807, 2.05) is 11.1 Å². The molecule has 1 aromatic carbocycles. The van der Waals surface area contributed by atoms with Gasteiger partial charge in [-0.15, -0.1) is 0 Å². The number of allylic oxidation sites excluding steroid dienone is 1. The molecule has 2 aliphatic rings. The van der Waals surface area contributed by atoms with Crippen LogP contribution in [-0.2, 0) is 6.42 Å². The molecule has 1 fully saturated rings. The monoisotopic (exact) mass is 283 g/mol. The summed E-state index contributed by atoms with van der Waals surface area (Å²) < 4.78 is 0. The van der Waals surface area contributed by atoms with Crippen LogP contribution in [0.15, 0.2) is 41.5 Å². The lowest BCUT2D eigenvalue weighted by atomic mass is 9.77. The summed E-state index contributed by atoms with van der Waals surface area (Å²) in [5.41, 5.74) is 5.20. The third-order valence-corrected chi connectivity index (χ3v) is 5.31. The quantitative estimate of drug-likeness (QED) is 0.552. The number of hydrogen-bond acceptors (Lipinski definition) is 1. The maximum absolute atomic E-state index is 2.52. The Kier molecular flexibility index (Phi) is 5.13. The van der Waals surface area contributed by atoms with Gasteiger partial charge in [0.05, 0.1) is 0 Å². The van der Waals surface area contributed by atoms with Crippen molar-refractivity contribution in [1.82, 2.24) is 4.90 Å². The van der Waals surface area contributed by atoms with Crippen LogP contribution in [0.5, 0.6) is 0 Å². The molecular weight excluding hydrogens is 254 g/mol. The minimum atomic E-state index is 0.890. The molecule has 0 bridgehead atoms. The van der Waals surface area contributed by atoms with Crippen molar-refractivity contribution < 1.29 is 0 Å². The zero-order chi connectivity index (χ0) is 14.5. The van der Waals surface area contributed by atoms with Crippen molar-refractivity contribution in [3.63, 3.8) is 0 Å². The molecule has 21 heavy (non-hydrogen) atoms. The van der Waals surface area contributed by atoms with E-state index >= 15 is 0 Å². The Hall–Kier alpha value is -1.08. The fourth-order valence-corrected chi connectivity index (χ4v) is 4.14. The fourth-order valence-electron chi connectivity index (χ4n) is 4.14. The van der Waals surface area contributed by atoms with E-state index in [-0.39, 0.29) is 0 Å². The van der Waals surface area contributed by atoms with E-state index in [0.29, 0.717) is 0 Å². The molecule has 1 saturated heterocycles. The SMILES string of the molecule is CN1CCC2=C(CCCCc3ccccc3)CCCC2C1. The van der Waals surface area contributed by atoms with E-state index in [1.165, 1.54) is 70.0 Å². The summed E-state index contributed by atoms with van der Waals surface area (Å²) in [6, 6.07) is 10.9. The Morgan fingerprint density at radius 3 is 2.71 bits per heavy atom.